The zero-order valence-corrected chi connectivity index (χ0v) is 12.0. The van der Waals surface area contributed by atoms with Gasteiger partial charge < -0.3 is 14.9 Å². The number of esters is 1. The number of furan rings is 1. The van der Waals surface area contributed by atoms with E-state index in [1.54, 1.807) is 11.8 Å². The number of aryl methyl sites for hydroxylation is 1. The molecule has 0 saturated carbocycles. The van der Waals surface area contributed by atoms with Crippen LogP contribution < -0.4 is 5.73 Å². The standard InChI is InChI=1S/C13H21NO3S/c1-4-10(14)13(11-6-5-9(2)17-11)18-8-7-12(15)16-3/h5-6,10,13H,4,7-8,14H2,1-3H3. The fourth-order valence-corrected chi connectivity index (χ4v) is 2.88. The van der Waals surface area contributed by atoms with Gasteiger partial charge in [-0.05, 0) is 25.5 Å². The summed E-state index contributed by atoms with van der Waals surface area (Å²) in [6.07, 6.45) is 1.27. The van der Waals surface area contributed by atoms with Crippen LogP contribution >= 0.6 is 11.8 Å². The minimum absolute atomic E-state index is 0.0261. The average molecular weight is 271 g/mol. The van der Waals surface area contributed by atoms with Crippen LogP contribution in [0.2, 0.25) is 0 Å². The molecule has 2 unspecified atom stereocenters. The normalized spacial score (nSPS) is 14.2. The zero-order chi connectivity index (χ0) is 13.5. The van der Waals surface area contributed by atoms with Crippen LogP contribution in [0.3, 0.4) is 0 Å². The van der Waals surface area contributed by atoms with Crippen molar-refractivity contribution in [2.45, 2.75) is 38.0 Å². The van der Waals surface area contributed by atoms with Crippen molar-refractivity contribution >= 4 is 17.7 Å². The summed E-state index contributed by atoms with van der Waals surface area (Å²) < 4.78 is 10.3. The monoisotopic (exact) mass is 271 g/mol. The fraction of sp³-hybridized carbons (Fsp3) is 0.615. The number of nitrogens with two attached hydrogens (primary N) is 1. The maximum atomic E-state index is 11.1. The number of thioether (sulfide) groups is 1. The van der Waals surface area contributed by atoms with Crippen molar-refractivity contribution in [1.29, 1.82) is 0 Å². The Morgan fingerprint density at radius 3 is 2.78 bits per heavy atom. The SMILES string of the molecule is CCC(N)C(SCCC(=O)OC)c1ccc(C)o1. The van der Waals surface area contributed by atoms with Gasteiger partial charge in [-0.1, -0.05) is 6.92 Å². The van der Waals surface area contributed by atoms with Crippen molar-refractivity contribution < 1.29 is 13.9 Å². The Kier molecular flexibility index (Phi) is 6.29. The van der Waals surface area contributed by atoms with E-state index in [9.17, 15) is 4.79 Å². The summed E-state index contributed by atoms with van der Waals surface area (Å²) in [5.41, 5.74) is 6.11. The van der Waals surface area contributed by atoms with Gasteiger partial charge in [-0.15, -0.1) is 11.8 Å². The van der Waals surface area contributed by atoms with Gasteiger partial charge in [0.15, 0.2) is 0 Å². The van der Waals surface area contributed by atoms with Crippen LogP contribution in [0.5, 0.6) is 0 Å². The summed E-state index contributed by atoms with van der Waals surface area (Å²) in [4.78, 5) is 11.1. The van der Waals surface area contributed by atoms with Crippen molar-refractivity contribution in [3.63, 3.8) is 0 Å². The molecule has 0 saturated heterocycles. The van der Waals surface area contributed by atoms with Gasteiger partial charge in [-0.2, -0.15) is 0 Å². The molecule has 0 spiro atoms. The van der Waals surface area contributed by atoms with Crippen molar-refractivity contribution in [3.8, 4) is 0 Å². The highest BCUT2D eigenvalue weighted by Gasteiger charge is 2.22. The van der Waals surface area contributed by atoms with Gasteiger partial charge in [0, 0.05) is 11.8 Å². The van der Waals surface area contributed by atoms with Crippen molar-refractivity contribution in [2.24, 2.45) is 5.73 Å². The van der Waals surface area contributed by atoms with E-state index in [0.29, 0.717) is 12.2 Å². The summed E-state index contributed by atoms with van der Waals surface area (Å²) in [6.45, 7) is 3.96. The summed E-state index contributed by atoms with van der Waals surface area (Å²) in [5.74, 6) is 2.26. The minimum atomic E-state index is -0.193. The molecule has 4 nitrogen and oxygen atoms in total. The quantitative estimate of drug-likeness (QED) is 0.772. The van der Waals surface area contributed by atoms with Crippen LogP contribution in [0.1, 0.15) is 36.5 Å². The van der Waals surface area contributed by atoms with Crippen LogP contribution in [-0.4, -0.2) is 24.9 Å². The Morgan fingerprint density at radius 2 is 2.28 bits per heavy atom. The molecule has 0 bridgehead atoms. The molecule has 5 heteroatoms. The van der Waals surface area contributed by atoms with Crippen LogP contribution in [-0.2, 0) is 9.53 Å². The Labute approximate surface area is 112 Å². The van der Waals surface area contributed by atoms with Crippen molar-refractivity contribution in [3.05, 3.63) is 23.7 Å². The molecular weight excluding hydrogens is 250 g/mol. The van der Waals surface area contributed by atoms with E-state index in [-0.39, 0.29) is 17.3 Å². The average Bonchev–Trinajstić information content (AvgIpc) is 2.79. The Morgan fingerprint density at radius 1 is 1.56 bits per heavy atom. The van der Waals surface area contributed by atoms with Gasteiger partial charge in [0.2, 0.25) is 0 Å². The molecule has 1 aromatic rings. The lowest BCUT2D eigenvalue weighted by Crippen LogP contribution is -2.25. The highest BCUT2D eigenvalue weighted by atomic mass is 32.2. The molecule has 0 aliphatic heterocycles. The molecule has 0 radical (unpaired) electrons. The number of hydrogen-bond donors (Lipinski definition) is 1. The van der Waals surface area contributed by atoms with E-state index in [1.165, 1.54) is 7.11 Å². The number of carbonyl (C=O) groups excluding carboxylic acids is 1. The largest absolute Gasteiger partial charge is 0.469 e. The smallest absolute Gasteiger partial charge is 0.306 e. The first-order valence-corrected chi connectivity index (χ1v) is 7.13. The maximum absolute atomic E-state index is 11.1. The van der Waals surface area contributed by atoms with Gasteiger partial charge in [0.25, 0.3) is 0 Å². The van der Waals surface area contributed by atoms with E-state index >= 15 is 0 Å². The molecule has 2 atom stereocenters. The molecule has 0 aliphatic carbocycles. The summed E-state index contributed by atoms with van der Waals surface area (Å²) >= 11 is 1.64. The third kappa shape index (κ3) is 4.38. The Bertz CT molecular complexity index is 378. The second-order valence-corrected chi connectivity index (χ2v) is 5.39. The van der Waals surface area contributed by atoms with E-state index < -0.39 is 0 Å². The molecule has 0 amide bonds. The Balaban J connectivity index is 2.59. The van der Waals surface area contributed by atoms with Gasteiger partial charge in [0.1, 0.15) is 11.5 Å². The second-order valence-electron chi connectivity index (χ2n) is 4.14. The summed E-state index contributed by atoms with van der Waals surface area (Å²) in [6, 6.07) is 3.92. The van der Waals surface area contributed by atoms with Crippen molar-refractivity contribution in [2.75, 3.05) is 12.9 Å². The van der Waals surface area contributed by atoms with Gasteiger partial charge >= 0.3 is 5.97 Å². The van der Waals surface area contributed by atoms with Crippen molar-refractivity contribution in [1.82, 2.24) is 0 Å². The first kappa shape index (κ1) is 15.1. The summed E-state index contributed by atoms with van der Waals surface area (Å²) in [5, 5.41) is 0.0911. The fourth-order valence-electron chi connectivity index (χ4n) is 1.61. The predicted octanol–water partition coefficient (Wildman–Crippen LogP) is 2.66. The first-order valence-electron chi connectivity index (χ1n) is 6.08. The lowest BCUT2D eigenvalue weighted by Gasteiger charge is -2.20. The molecule has 1 aromatic heterocycles. The summed E-state index contributed by atoms with van der Waals surface area (Å²) in [7, 11) is 1.40. The number of methoxy groups -OCH3 is 1. The number of ether oxygens (including phenoxy) is 1. The third-order valence-corrected chi connectivity index (χ3v) is 4.11. The van der Waals surface area contributed by atoms with E-state index in [1.807, 2.05) is 26.0 Å². The molecule has 102 valence electrons. The molecule has 1 rings (SSSR count). The molecule has 0 aromatic carbocycles. The zero-order valence-electron chi connectivity index (χ0n) is 11.1. The molecule has 0 fully saturated rings. The highest BCUT2D eigenvalue weighted by Crippen LogP contribution is 2.34. The molecule has 18 heavy (non-hydrogen) atoms. The van der Waals surface area contributed by atoms with Gasteiger partial charge in [-0.3, -0.25) is 4.79 Å². The number of rotatable bonds is 7. The number of carbonyl (C=O) groups is 1. The predicted molar refractivity (Wildman–Crippen MR) is 73.5 cm³/mol. The van der Waals surface area contributed by atoms with E-state index in [4.69, 9.17) is 10.2 Å². The first-order chi connectivity index (χ1) is 8.58. The van der Waals surface area contributed by atoms with E-state index in [0.717, 1.165) is 17.9 Å². The highest BCUT2D eigenvalue weighted by molar-refractivity contribution is 7.99. The second kappa shape index (κ2) is 7.48. The molecule has 1 heterocycles. The van der Waals surface area contributed by atoms with Gasteiger partial charge in [-0.25, -0.2) is 0 Å². The Hall–Kier alpha value is -0.940. The lowest BCUT2D eigenvalue weighted by atomic mass is 10.1. The van der Waals surface area contributed by atoms with Crippen LogP contribution in [0.15, 0.2) is 16.5 Å². The maximum Gasteiger partial charge on any atom is 0.306 e. The van der Waals surface area contributed by atoms with Crippen LogP contribution in [0.4, 0.5) is 0 Å². The number of hydrogen-bond acceptors (Lipinski definition) is 5. The lowest BCUT2D eigenvalue weighted by molar-refractivity contribution is -0.140. The topological polar surface area (TPSA) is 65.5 Å². The van der Waals surface area contributed by atoms with Crippen LogP contribution in [0, 0.1) is 6.92 Å². The molecular formula is C13H21NO3S. The van der Waals surface area contributed by atoms with Crippen LogP contribution in [0.25, 0.3) is 0 Å². The third-order valence-electron chi connectivity index (χ3n) is 2.73. The molecule has 0 aliphatic rings. The minimum Gasteiger partial charge on any atom is -0.469 e. The molecule has 2 N–H and O–H groups in total. The van der Waals surface area contributed by atoms with Gasteiger partial charge in [0.05, 0.1) is 18.8 Å². The van der Waals surface area contributed by atoms with E-state index in [2.05, 4.69) is 4.74 Å².